The van der Waals surface area contributed by atoms with Crippen molar-refractivity contribution in [2.75, 3.05) is 24.2 Å². The highest BCUT2D eigenvalue weighted by atomic mass is 32.2. The summed E-state index contributed by atoms with van der Waals surface area (Å²) < 4.78 is 0. The van der Waals surface area contributed by atoms with Crippen molar-refractivity contribution in [1.82, 2.24) is 15.6 Å². The van der Waals surface area contributed by atoms with Crippen LogP contribution in [-0.2, 0) is 9.59 Å². The van der Waals surface area contributed by atoms with Crippen molar-refractivity contribution in [1.29, 1.82) is 0 Å². The SMILES string of the molecule is CCNC(=O)NCCSC(C/C=C\C=O)C(=O)Nc1ccccn1. The molecule has 1 aromatic heterocycles. The molecule has 3 N–H and O–H groups in total. The highest BCUT2D eigenvalue weighted by molar-refractivity contribution is 8.00. The van der Waals surface area contributed by atoms with Crippen LogP contribution in [0.4, 0.5) is 10.6 Å². The summed E-state index contributed by atoms with van der Waals surface area (Å²) in [6, 6.07) is 5.03. The predicted octanol–water partition coefficient (Wildman–Crippen LogP) is 1.59. The van der Waals surface area contributed by atoms with Gasteiger partial charge in [0.2, 0.25) is 5.91 Å². The summed E-state index contributed by atoms with van der Waals surface area (Å²) in [7, 11) is 0. The minimum Gasteiger partial charge on any atom is -0.338 e. The first-order valence-electron chi connectivity index (χ1n) is 7.62. The van der Waals surface area contributed by atoms with Gasteiger partial charge >= 0.3 is 6.03 Å². The van der Waals surface area contributed by atoms with E-state index < -0.39 is 0 Å². The summed E-state index contributed by atoms with van der Waals surface area (Å²) >= 11 is 1.41. The van der Waals surface area contributed by atoms with Crippen LogP contribution in [-0.4, -0.2) is 47.3 Å². The number of urea groups is 1. The maximum absolute atomic E-state index is 12.3. The molecule has 130 valence electrons. The van der Waals surface area contributed by atoms with Crippen molar-refractivity contribution in [3.8, 4) is 0 Å². The molecular weight excluding hydrogens is 328 g/mol. The Labute approximate surface area is 145 Å². The van der Waals surface area contributed by atoms with Crippen molar-refractivity contribution in [3.05, 3.63) is 36.5 Å². The first-order valence-corrected chi connectivity index (χ1v) is 8.67. The number of thioether (sulfide) groups is 1. The fourth-order valence-electron chi connectivity index (χ4n) is 1.74. The van der Waals surface area contributed by atoms with E-state index in [1.165, 1.54) is 17.8 Å². The van der Waals surface area contributed by atoms with E-state index in [4.69, 9.17) is 0 Å². The van der Waals surface area contributed by atoms with E-state index in [1.54, 1.807) is 30.5 Å². The van der Waals surface area contributed by atoms with Gasteiger partial charge in [-0.2, -0.15) is 0 Å². The van der Waals surface area contributed by atoms with Gasteiger partial charge in [-0.3, -0.25) is 9.59 Å². The number of nitrogens with zero attached hydrogens (tertiary/aromatic N) is 1. The van der Waals surface area contributed by atoms with Gasteiger partial charge < -0.3 is 16.0 Å². The molecule has 8 heteroatoms. The van der Waals surface area contributed by atoms with Crippen molar-refractivity contribution >= 4 is 35.8 Å². The van der Waals surface area contributed by atoms with Crippen LogP contribution in [0, 0.1) is 0 Å². The van der Waals surface area contributed by atoms with Gasteiger partial charge in [0.1, 0.15) is 12.1 Å². The predicted molar refractivity (Wildman–Crippen MR) is 96.0 cm³/mol. The number of anilines is 1. The number of rotatable bonds is 10. The van der Waals surface area contributed by atoms with Crippen molar-refractivity contribution < 1.29 is 14.4 Å². The van der Waals surface area contributed by atoms with Crippen molar-refractivity contribution in [3.63, 3.8) is 0 Å². The zero-order chi connectivity index (χ0) is 17.6. The highest BCUT2D eigenvalue weighted by Crippen LogP contribution is 2.17. The largest absolute Gasteiger partial charge is 0.338 e. The standard InChI is InChI=1S/C16H22N4O3S/c1-2-17-16(23)19-10-12-24-13(7-4-6-11-21)15(22)20-14-8-3-5-9-18-14/h3-6,8-9,11,13H,2,7,10,12H2,1H3,(H2,17,19,23)(H,18,20,22)/b6-4-. The van der Waals surface area contributed by atoms with Gasteiger partial charge in [0.15, 0.2) is 0 Å². The first-order chi connectivity index (χ1) is 11.7. The summed E-state index contributed by atoms with van der Waals surface area (Å²) in [5.41, 5.74) is 0. The third-order valence-corrected chi connectivity index (χ3v) is 4.07. The second-order valence-electron chi connectivity index (χ2n) is 4.65. The summed E-state index contributed by atoms with van der Waals surface area (Å²) in [6.07, 6.45) is 5.72. The molecule has 0 aliphatic rings. The highest BCUT2D eigenvalue weighted by Gasteiger charge is 2.18. The minimum atomic E-state index is -0.376. The number of carbonyl (C=O) groups is 3. The fraction of sp³-hybridized carbons (Fsp3) is 0.375. The molecule has 0 aliphatic carbocycles. The summed E-state index contributed by atoms with van der Waals surface area (Å²) in [5.74, 6) is 0.868. The fourth-order valence-corrected chi connectivity index (χ4v) is 2.70. The van der Waals surface area contributed by atoms with E-state index in [1.807, 2.05) is 6.92 Å². The number of aldehydes is 1. The van der Waals surface area contributed by atoms with Gasteiger partial charge in [-0.1, -0.05) is 12.1 Å². The smallest absolute Gasteiger partial charge is 0.314 e. The molecular formula is C16H22N4O3S. The van der Waals surface area contributed by atoms with Gasteiger partial charge in [-0.25, -0.2) is 9.78 Å². The number of aromatic nitrogens is 1. The monoisotopic (exact) mass is 350 g/mol. The number of hydrogen-bond donors (Lipinski definition) is 3. The Bertz CT molecular complexity index is 552. The maximum Gasteiger partial charge on any atom is 0.314 e. The molecule has 0 radical (unpaired) electrons. The normalized spacial score (nSPS) is 11.7. The van der Waals surface area contributed by atoms with Crippen molar-refractivity contribution in [2.45, 2.75) is 18.6 Å². The molecule has 1 unspecified atom stereocenters. The van der Waals surface area contributed by atoms with Crippen LogP contribution >= 0.6 is 11.8 Å². The van der Waals surface area contributed by atoms with Gasteiger partial charge in [0.25, 0.3) is 0 Å². The molecule has 0 spiro atoms. The minimum absolute atomic E-state index is 0.188. The molecule has 0 aromatic carbocycles. The number of allylic oxidation sites excluding steroid dienone is 2. The Balaban J connectivity index is 2.49. The van der Waals surface area contributed by atoms with E-state index in [2.05, 4.69) is 20.9 Å². The lowest BCUT2D eigenvalue weighted by Gasteiger charge is -2.15. The van der Waals surface area contributed by atoms with Crippen LogP contribution in [0.2, 0.25) is 0 Å². The van der Waals surface area contributed by atoms with Crippen LogP contribution in [0.3, 0.4) is 0 Å². The molecule has 0 aliphatic heterocycles. The molecule has 1 atom stereocenters. The van der Waals surface area contributed by atoms with Crippen LogP contribution in [0.15, 0.2) is 36.5 Å². The Morgan fingerprint density at radius 1 is 1.33 bits per heavy atom. The summed E-state index contributed by atoms with van der Waals surface area (Å²) in [6.45, 7) is 2.84. The van der Waals surface area contributed by atoms with Crippen LogP contribution in [0.1, 0.15) is 13.3 Å². The van der Waals surface area contributed by atoms with Crippen molar-refractivity contribution in [2.24, 2.45) is 0 Å². The van der Waals surface area contributed by atoms with Gasteiger partial charge in [-0.15, -0.1) is 11.8 Å². The third-order valence-electron chi connectivity index (χ3n) is 2.82. The topological polar surface area (TPSA) is 100 Å². The van der Waals surface area contributed by atoms with Crippen LogP contribution < -0.4 is 16.0 Å². The zero-order valence-electron chi connectivity index (χ0n) is 13.5. The van der Waals surface area contributed by atoms with E-state index >= 15 is 0 Å². The number of amides is 3. The van der Waals surface area contributed by atoms with Crippen LogP contribution in [0.25, 0.3) is 0 Å². The summed E-state index contributed by atoms with van der Waals surface area (Å²) in [5, 5.41) is 7.71. The molecule has 0 fully saturated rings. The van der Waals surface area contributed by atoms with E-state index in [-0.39, 0.29) is 17.2 Å². The third kappa shape index (κ3) is 8.33. The molecule has 1 heterocycles. The molecule has 1 rings (SSSR count). The second kappa shape index (κ2) is 12.1. The van der Waals surface area contributed by atoms with E-state index in [9.17, 15) is 14.4 Å². The van der Waals surface area contributed by atoms with Crippen LogP contribution in [0.5, 0.6) is 0 Å². The number of pyridine rings is 1. The Morgan fingerprint density at radius 3 is 2.83 bits per heavy atom. The number of carbonyl (C=O) groups excluding carboxylic acids is 3. The Kier molecular flexibility index (Phi) is 9.95. The summed E-state index contributed by atoms with van der Waals surface area (Å²) in [4.78, 5) is 38.1. The first kappa shape index (κ1) is 19.7. The van der Waals surface area contributed by atoms with Gasteiger partial charge in [0, 0.05) is 25.0 Å². The molecule has 3 amide bonds. The Hall–Kier alpha value is -2.35. The lowest BCUT2D eigenvalue weighted by molar-refractivity contribution is -0.115. The quantitative estimate of drug-likeness (QED) is 0.338. The molecule has 0 saturated carbocycles. The average molecular weight is 350 g/mol. The second-order valence-corrected chi connectivity index (χ2v) is 5.96. The van der Waals surface area contributed by atoms with E-state index in [0.29, 0.717) is 37.4 Å². The van der Waals surface area contributed by atoms with Gasteiger partial charge in [0.05, 0.1) is 5.25 Å². The molecule has 0 bridgehead atoms. The lowest BCUT2D eigenvalue weighted by atomic mass is 10.2. The molecule has 7 nitrogen and oxygen atoms in total. The lowest BCUT2D eigenvalue weighted by Crippen LogP contribution is -2.37. The Morgan fingerprint density at radius 2 is 2.17 bits per heavy atom. The number of nitrogens with one attached hydrogen (secondary N) is 3. The molecule has 0 saturated heterocycles. The van der Waals surface area contributed by atoms with E-state index in [0.717, 1.165) is 0 Å². The average Bonchev–Trinajstić information content (AvgIpc) is 2.58. The molecule has 24 heavy (non-hydrogen) atoms. The molecule has 1 aromatic rings. The maximum atomic E-state index is 12.3. The van der Waals surface area contributed by atoms with Gasteiger partial charge in [-0.05, 0) is 31.6 Å². The zero-order valence-corrected chi connectivity index (χ0v) is 14.3. The number of hydrogen-bond acceptors (Lipinski definition) is 5.